The fourth-order valence-corrected chi connectivity index (χ4v) is 0.998. The van der Waals surface area contributed by atoms with Gasteiger partial charge >= 0.3 is 0 Å². The van der Waals surface area contributed by atoms with E-state index in [9.17, 15) is 0 Å². The summed E-state index contributed by atoms with van der Waals surface area (Å²) in [5.41, 5.74) is 5.44. The zero-order valence-electron chi connectivity index (χ0n) is 5.73. The molecule has 0 aromatic heterocycles. The van der Waals surface area contributed by atoms with Crippen molar-refractivity contribution in [3.8, 4) is 0 Å². The van der Waals surface area contributed by atoms with Crippen LogP contribution in [0.5, 0.6) is 0 Å². The summed E-state index contributed by atoms with van der Waals surface area (Å²) in [6.07, 6.45) is -0.307. The lowest BCUT2D eigenvalue weighted by Gasteiger charge is -2.29. The number of aliphatic hydroxyl groups is 2. The highest BCUT2D eigenvalue weighted by atomic mass is 16.5. The Morgan fingerprint density at radius 3 is 2.80 bits per heavy atom. The van der Waals surface area contributed by atoms with Crippen molar-refractivity contribution in [2.24, 2.45) is 5.73 Å². The van der Waals surface area contributed by atoms with Gasteiger partial charge in [-0.1, -0.05) is 0 Å². The molecule has 0 bridgehead atoms. The fraction of sp³-hybridized carbons (Fsp3) is 1.00. The number of hydrogen-bond donors (Lipinski definition) is 3. The highest BCUT2D eigenvalue weighted by Gasteiger charge is 2.26. The Morgan fingerprint density at radius 2 is 2.30 bits per heavy atom. The van der Waals surface area contributed by atoms with Crippen molar-refractivity contribution < 1.29 is 14.9 Å². The van der Waals surface area contributed by atoms with Crippen LogP contribution in [0, 0.1) is 0 Å². The van der Waals surface area contributed by atoms with Gasteiger partial charge in [0.05, 0.1) is 31.5 Å². The maximum absolute atomic E-state index is 9.16. The third-order valence-electron chi connectivity index (χ3n) is 1.73. The summed E-state index contributed by atoms with van der Waals surface area (Å²) in [7, 11) is 0. The van der Waals surface area contributed by atoms with E-state index in [0.29, 0.717) is 13.0 Å². The second kappa shape index (κ2) is 3.30. The molecule has 60 valence electrons. The summed E-state index contributed by atoms with van der Waals surface area (Å²) in [4.78, 5) is 0. The molecular weight excluding hydrogens is 134 g/mol. The highest BCUT2D eigenvalue weighted by Crippen LogP contribution is 2.11. The lowest BCUT2D eigenvalue weighted by Crippen LogP contribution is -2.47. The first kappa shape index (κ1) is 7.94. The molecule has 4 N–H and O–H groups in total. The van der Waals surface area contributed by atoms with Gasteiger partial charge in [-0.2, -0.15) is 0 Å². The van der Waals surface area contributed by atoms with Crippen LogP contribution in [0.25, 0.3) is 0 Å². The predicted molar refractivity (Wildman–Crippen MR) is 35.4 cm³/mol. The van der Waals surface area contributed by atoms with Gasteiger partial charge in [0.1, 0.15) is 0 Å². The molecule has 0 aromatic carbocycles. The Labute approximate surface area is 59.6 Å². The minimum Gasteiger partial charge on any atom is -0.394 e. The van der Waals surface area contributed by atoms with Crippen LogP contribution in [0.2, 0.25) is 0 Å². The maximum atomic E-state index is 9.16. The van der Waals surface area contributed by atoms with Crippen molar-refractivity contribution >= 4 is 0 Å². The van der Waals surface area contributed by atoms with Gasteiger partial charge < -0.3 is 20.7 Å². The van der Waals surface area contributed by atoms with Crippen LogP contribution in [-0.2, 0) is 4.74 Å². The largest absolute Gasteiger partial charge is 0.394 e. The monoisotopic (exact) mass is 147 g/mol. The van der Waals surface area contributed by atoms with Gasteiger partial charge in [-0.05, 0) is 0 Å². The van der Waals surface area contributed by atoms with Crippen LogP contribution >= 0.6 is 0 Å². The fourth-order valence-electron chi connectivity index (χ4n) is 0.998. The number of aliphatic hydroxyl groups excluding tert-OH is 2. The van der Waals surface area contributed by atoms with E-state index in [4.69, 9.17) is 20.7 Å². The van der Waals surface area contributed by atoms with Gasteiger partial charge in [0, 0.05) is 6.42 Å². The lowest BCUT2D eigenvalue weighted by atomic mass is 10.0. The van der Waals surface area contributed by atoms with E-state index >= 15 is 0 Å². The van der Waals surface area contributed by atoms with Crippen molar-refractivity contribution in [2.45, 2.75) is 24.7 Å². The number of hydrogen-bond acceptors (Lipinski definition) is 4. The van der Waals surface area contributed by atoms with Crippen molar-refractivity contribution in [1.82, 2.24) is 0 Å². The highest BCUT2D eigenvalue weighted by molar-refractivity contribution is 4.79. The third kappa shape index (κ3) is 1.67. The van der Waals surface area contributed by atoms with E-state index in [1.807, 2.05) is 0 Å². The molecule has 0 spiro atoms. The SMILES string of the molecule is N[C@@H]1CO[C@H](CO)C[C@@H]1O. The zero-order chi connectivity index (χ0) is 7.56. The van der Waals surface area contributed by atoms with Gasteiger partial charge in [0.25, 0.3) is 0 Å². The van der Waals surface area contributed by atoms with E-state index in [1.165, 1.54) is 0 Å². The Balaban J connectivity index is 2.33. The molecular formula is C6H13NO3. The smallest absolute Gasteiger partial charge is 0.0831 e. The molecule has 1 aliphatic heterocycles. The van der Waals surface area contributed by atoms with Crippen LogP contribution in [-0.4, -0.2) is 41.7 Å². The Bertz CT molecular complexity index is 109. The van der Waals surface area contributed by atoms with Crippen molar-refractivity contribution in [1.29, 1.82) is 0 Å². The van der Waals surface area contributed by atoms with E-state index in [2.05, 4.69) is 0 Å². The van der Waals surface area contributed by atoms with E-state index in [1.54, 1.807) is 0 Å². The zero-order valence-corrected chi connectivity index (χ0v) is 5.73. The van der Waals surface area contributed by atoms with Gasteiger partial charge in [-0.15, -0.1) is 0 Å². The number of ether oxygens (including phenoxy) is 1. The second-order valence-corrected chi connectivity index (χ2v) is 2.60. The maximum Gasteiger partial charge on any atom is 0.0831 e. The molecule has 0 amide bonds. The summed E-state index contributed by atoms with van der Waals surface area (Å²) < 4.78 is 5.07. The minimum absolute atomic E-state index is 0.0379. The van der Waals surface area contributed by atoms with Crippen molar-refractivity contribution in [3.63, 3.8) is 0 Å². The van der Waals surface area contributed by atoms with E-state index in [0.717, 1.165) is 0 Å². The molecule has 1 aliphatic rings. The Kier molecular flexibility index (Phi) is 2.62. The molecule has 3 atom stereocenters. The summed E-state index contributed by atoms with van der Waals surface area (Å²) in [6.45, 7) is 0.302. The molecule has 1 fully saturated rings. The van der Waals surface area contributed by atoms with Crippen LogP contribution in [0.4, 0.5) is 0 Å². The molecule has 10 heavy (non-hydrogen) atoms. The lowest BCUT2D eigenvalue weighted by molar-refractivity contribution is -0.0755. The first-order chi connectivity index (χ1) is 4.74. The summed E-state index contributed by atoms with van der Waals surface area (Å²) in [6, 6.07) is -0.289. The first-order valence-corrected chi connectivity index (χ1v) is 3.40. The van der Waals surface area contributed by atoms with Gasteiger partial charge in [-0.25, -0.2) is 0 Å². The molecule has 0 radical (unpaired) electrons. The quantitative estimate of drug-likeness (QED) is 0.420. The van der Waals surface area contributed by atoms with Crippen LogP contribution in [0.1, 0.15) is 6.42 Å². The molecule has 0 saturated carbocycles. The molecule has 1 rings (SSSR count). The Hall–Kier alpha value is -0.160. The predicted octanol–water partition coefficient (Wildman–Crippen LogP) is -1.54. The number of nitrogens with two attached hydrogens (primary N) is 1. The number of rotatable bonds is 1. The normalized spacial score (nSPS) is 41.7. The molecule has 1 saturated heterocycles. The molecule has 4 heteroatoms. The summed E-state index contributed by atoms with van der Waals surface area (Å²) >= 11 is 0. The average molecular weight is 147 g/mol. The van der Waals surface area contributed by atoms with Gasteiger partial charge in [0.15, 0.2) is 0 Å². The topological polar surface area (TPSA) is 75.7 Å². The Morgan fingerprint density at radius 1 is 1.60 bits per heavy atom. The van der Waals surface area contributed by atoms with Gasteiger partial charge in [-0.3, -0.25) is 0 Å². The van der Waals surface area contributed by atoms with Crippen LogP contribution in [0.3, 0.4) is 0 Å². The molecule has 1 heterocycles. The summed E-state index contributed by atoms with van der Waals surface area (Å²) in [5, 5.41) is 17.8. The average Bonchev–Trinajstić information content (AvgIpc) is 1.95. The molecule has 0 aromatic rings. The van der Waals surface area contributed by atoms with E-state index < -0.39 is 6.10 Å². The van der Waals surface area contributed by atoms with Crippen LogP contribution in [0.15, 0.2) is 0 Å². The van der Waals surface area contributed by atoms with Crippen LogP contribution < -0.4 is 5.73 Å². The molecule has 0 unspecified atom stereocenters. The van der Waals surface area contributed by atoms with Crippen molar-refractivity contribution in [3.05, 3.63) is 0 Å². The second-order valence-electron chi connectivity index (χ2n) is 2.60. The third-order valence-corrected chi connectivity index (χ3v) is 1.73. The van der Waals surface area contributed by atoms with E-state index in [-0.39, 0.29) is 18.8 Å². The van der Waals surface area contributed by atoms with Gasteiger partial charge in [0.2, 0.25) is 0 Å². The summed E-state index contributed by atoms with van der Waals surface area (Å²) in [5.74, 6) is 0. The molecule has 4 nitrogen and oxygen atoms in total. The van der Waals surface area contributed by atoms with Crippen molar-refractivity contribution in [2.75, 3.05) is 13.2 Å². The standard InChI is InChI=1S/C6H13NO3/c7-5-3-10-4(2-8)1-6(5)9/h4-6,8-9H,1-3,7H2/t4-,5+,6-/m0/s1. The first-order valence-electron chi connectivity index (χ1n) is 3.40. The minimum atomic E-state index is -0.522. The molecule has 0 aliphatic carbocycles.